The molecular formula is C15H24N2O5S. The first-order chi connectivity index (χ1) is 11.0. The second-order valence-corrected chi connectivity index (χ2v) is 6.96. The fourth-order valence-corrected chi connectivity index (χ4v) is 2.83. The number of carbonyl (C=O) groups is 1. The Morgan fingerprint density at radius 1 is 1.26 bits per heavy atom. The van der Waals surface area contributed by atoms with Gasteiger partial charge in [-0.2, -0.15) is 0 Å². The minimum Gasteiger partial charge on any atom is -0.390 e. The van der Waals surface area contributed by atoms with Crippen LogP contribution in [0.5, 0.6) is 0 Å². The second kappa shape index (κ2) is 10.3. The van der Waals surface area contributed by atoms with Crippen LogP contribution >= 0.6 is 0 Å². The van der Waals surface area contributed by atoms with Crippen LogP contribution in [-0.4, -0.2) is 43.4 Å². The van der Waals surface area contributed by atoms with Crippen molar-refractivity contribution in [2.24, 2.45) is 0 Å². The molecule has 0 saturated heterocycles. The van der Waals surface area contributed by atoms with E-state index in [2.05, 4.69) is 11.9 Å². The van der Waals surface area contributed by atoms with Crippen LogP contribution in [0.15, 0.2) is 18.3 Å². The molecule has 2 N–H and O–H groups in total. The summed E-state index contributed by atoms with van der Waals surface area (Å²) in [5, 5.41) is 8.87. The van der Waals surface area contributed by atoms with Gasteiger partial charge < -0.3 is 9.84 Å². The van der Waals surface area contributed by atoms with Gasteiger partial charge in [0.15, 0.2) is 0 Å². The molecule has 1 aromatic rings. The van der Waals surface area contributed by atoms with E-state index in [4.69, 9.17) is 9.84 Å². The second-order valence-electron chi connectivity index (χ2n) is 5.12. The summed E-state index contributed by atoms with van der Waals surface area (Å²) in [6, 6.07) is 2.89. The molecule has 0 bridgehead atoms. The van der Waals surface area contributed by atoms with Crippen LogP contribution in [0.1, 0.15) is 48.7 Å². The highest BCUT2D eigenvalue weighted by molar-refractivity contribution is 7.90. The highest BCUT2D eigenvalue weighted by atomic mass is 32.2. The summed E-state index contributed by atoms with van der Waals surface area (Å²) in [5.41, 5.74) is 0.543. The van der Waals surface area contributed by atoms with Crippen LogP contribution in [0.4, 0.5) is 0 Å². The normalized spacial score (nSPS) is 11.4. The molecule has 0 unspecified atom stereocenters. The molecule has 1 heterocycles. The predicted molar refractivity (Wildman–Crippen MR) is 86.4 cm³/mol. The number of pyridine rings is 1. The third kappa shape index (κ3) is 8.06. The first-order valence-corrected chi connectivity index (χ1v) is 9.32. The van der Waals surface area contributed by atoms with Gasteiger partial charge in [0.25, 0.3) is 5.91 Å². The highest BCUT2D eigenvalue weighted by Gasteiger charge is 2.16. The van der Waals surface area contributed by atoms with E-state index in [0.29, 0.717) is 31.7 Å². The maximum Gasteiger partial charge on any atom is 0.266 e. The van der Waals surface area contributed by atoms with E-state index >= 15 is 0 Å². The number of nitrogens with zero attached hydrogens (tertiary/aromatic N) is 1. The molecule has 0 atom stereocenters. The Labute approximate surface area is 137 Å². The van der Waals surface area contributed by atoms with Crippen LogP contribution in [0.25, 0.3) is 0 Å². The molecule has 0 aliphatic rings. The fraction of sp³-hybridized carbons (Fsp3) is 0.600. The van der Waals surface area contributed by atoms with E-state index in [1.165, 1.54) is 18.3 Å². The van der Waals surface area contributed by atoms with Crippen molar-refractivity contribution in [1.29, 1.82) is 0 Å². The Morgan fingerprint density at radius 2 is 2.00 bits per heavy atom. The lowest BCUT2D eigenvalue weighted by Gasteiger charge is -2.07. The van der Waals surface area contributed by atoms with Crippen LogP contribution in [-0.2, 0) is 21.4 Å². The molecule has 0 aromatic carbocycles. The molecular weight excluding hydrogens is 320 g/mol. The number of aromatic nitrogens is 1. The number of sulfonamides is 1. The smallest absolute Gasteiger partial charge is 0.266 e. The van der Waals surface area contributed by atoms with Gasteiger partial charge in [0.2, 0.25) is 10.0 Å². The van der Waals surface area contributed by atoms with Crippen LogP contribution < -0.4 is 4.72 Å². The van der Waals surface area contributed by atoms with E-state index in [1.807, 2.05) is 4.72 Å². The van der Waals surface area contributed by atoms with Crippen molar-refractivity contribution in [3.05, 3.63) is 29.6 Å². The zero-order valence-electron chi connectivity index (χ0n) is 13.3. The van der Waals surface area contributed by atoms with Crippen molar-refractivity contribution in [1.82, 2.24) is 9.71 Å². The first-order valence-electron chi connectivity index (χ1n) is 7.67. The molecule has 0 aliphatic carbocycles. The number of rotatable bonds is 11. The van der Waals surface area contributed by atoms with Crippen LogP contribution in [0, 0.1) is 0 Å². The average molecular weight is 344 g/mol. The van der Waals surface area contributed by atoms with Gasteiger partial charge in [0, 0.05) is 19.4 Å². The van der Waals surface area contributed by atoms with Gasteiger partial charge in [-0.3, -0.25) is 9.78 Å². The summed E-state index contributed by atoms with van der Waals surface area (Å²) in [6.45, 7) is 3.05. The molecule has 8 heteroatoms. The summed E-state index contributed by atoms with van der Waals surface area (Å²) in [4.78, 5) is 15.7. The number of hydrogen-bond donors (Lipinski definition) is 2. The molecule has 7 nitrogen and oxygen atoms in total. The largest absolute Gasteiger partial charge is 0.390 e. The molecule has 0 spiro atoms. The number of aliphatic hydroxyl groups excluding tert-OH is 1. The lowest BCUT2D eigenvalue weighted by atomic mass is 10.2. The molecule has 0 fully saturated rings. The summed E-state index contributed by atoms with van der Waals surface area (Å²) in [5.74, 6) is -0.848. The van der Waals surface area contributed by atoms with Crippen molar-refractivity contribution >= 4 is 15.9 Å². The maximum absolute atomic E-state index is 11.8. The maximum atomic E-state index is 11.8. The van der Waals surface area contributed by atoms with Gasteiger partial charge in [0.1, 0.15) is 0 Å². The number of unbranched alkanes of at least 4 members (excludes halogenated alkanes) is 2. The number of ether oxygens (including phenoxy) is 1. The molecule has 130 valence electrons. The zero-order valence-corrected chi connectivity index (χ0v) is 14.1. The zero-order chi connectivity index (χ0) is 17.1. The third-order valence-electron chi connectivity index (χ3n) is 3.09. The molecule has 1 aromatic heterocycles. The summed E-state index contributed by atoms with van der Waals surface area (Å²) >= 11 is 0. The summed E-state index contributed by atoms with van der Waals surface area (Å²) in [7, 11) is -3.67. The van der Waals surface area contributed by atoms with Crippen molar-refractivity contribution in [2.75, 3.05) is 19.0 Å². The molecule has 0 saturated carbocycles. The number of aliphatic hydroxyl groups is 1. The fourth-order valence-electron chi connectivity index (χ4n) is 1.75. The topological polar surface area (TPSA) is 106 Å². The number of hydrogen-bond acceptors (Lipinski definition) is 6. The lowest BCUT2D eigenvalue weighted by Crippen LogP contribution is -2.32. The van der Waals surface area contributed by atoms with Crippen LogP contribution in [0.2, 0.25) is 0 Å². The molecule has 23 heavy (non-hydrogen) atoms. The molecule has 1 amide bonds. The number of nitrogens with one attached hydrogen (secondary N) is 1. The van der Waals surface area contributed by atoms with Crippen molar-refractivity contribution in [3.63, 3.8) is 0 Å². The van der Waals surface area contributed by atoms with Crippen molar-refractivity contribution in [3.8, 4) is 0 Å². The molecule has 0 radical (unpaired) electrons. The lowest BCUT2D eigenvalue weighted by molar-refractivity contribution is 0.0981. The molecule has 1 rings (SSSR count). The quantitative estimate of drug-likeness (QED) is 0.585. The van der Waals surface area contributed by atoms with Crippen LogP contribution in [0.3, 0.4) is 0 Å². The highest BCUT2D eigenvalue weighted by Crippen LogP contribution is 2.03. The van der Waals surface area contributed by atoms with Gasteiger partial charge in [-0.25, -0.2) is 13.1 Å². The monoisotopic (exact) mass is 344 g/mol. The van der Waals surface area contributed by atoms with Gasteiger partial charge in [-0.15, -0.1) is 0 Å². The van der Waals surface area contributed by atoms with Gasteiger partial charge >= 0.3 is 0 Å². The summed E-state index contributed by atoms with van der Waals surface area (Å²) in [6.07, 6.45) is 4.35. The Morgan fingerprint density at radius 3 is 2.61 bits per heavy atom. The Kier molecular flexibility index (Phi) is 8.75. The van der Waals surface area contributed by atoms with Gasteiger partial charge in [-0.05, 0) is 31.4 Å². The van der Waals surface area contributed by atoms with Crippen molar-refractivity contribution < 1.29 is 23.1 Å². The SMILES string of the molecule is CCCCOCCCCS(=O)(=O)NC(=O)c1ccc(CO)nc1. The minimum absolute atomic E-state index is 0.127. The Balaban J connectivity index is 2.34. The van der Waals surface area contributed by atoms with Gasteiger partial charge in [0.05, 0.1) is 23.6 Å². The van der Waals surface area contributed by atoms with E-state index < -0.39 is 15.9 Å². The molecule has 0 aliphatic heterocycles. The van der Waals surface area contributed by atoms with Crippen molar-refractivity contribution in [2.45, 2.75) is 39.2 Å². The van der Waals surface area contributed by atoms with Gasteiger partial charge in [-0.1, -0.05) is 13.3 Å². The average Bonchev–Trinajstić information content (AvgIpc) is 2.53. The number of carbonyl (C=O) groups excluding carboxylic acids is 1. The van der Waals surface area contributed by atoms with E-state index in [-0.39, 0.29) is 17.9 Å². The van der Waals surface area contributed by atoms with E-state index in [0.717, 1.165) is 12.8 Å². The van der Waals surface area contributed by atoms with E-state index in [9.17, 15) is 13.2 Å². The summed E-state index contributed by atoms with van der Waals surface area (Å²) < 4.78 is 31.0. The predicted octanol–water partition coefficient (Wildman–Crippen LogP) is 1.23. The third-order valence-corrected chi connectivity index (χ3v) is 4.41. The first kappa shape index (κ1) is 19.5. The van der Waals surface area contributed by atoms with E-state index in [1.54, 1.807) is 0 Å². The Hall–Kier alpha value is -1.51. The Bertz CT molecular complexity index is 572. The minimum atomic E-state index is -3.67. The standard InChI is InChI=1S/C15H24N2O5S/c1-2-3-8-22-9-4-5-10-23(20,21)17-15(19)13-6-7-14(12-18)16-11-13/h6-7,11,18H,2-5,8-10,12H2,1H3,(H,17,19). The number of amides is 1.